The van der Waals surface area contributed by atoms with E-state index in [0.717, 1.165) is 44.2 Å². The highest BCUT2D eigenvalue weighted by atomic mass is 16.5. The van der Waals surface area contributed by atoms with E-state index in [-0.39, 0.29) is 6.10 Å². The van der Waals surface area contributed by atoms with Gasteiger partial charge < -0.3 is 14.8 Å². The lowest BCUT2D eigenvalue weighted by Gasteiger charge is -2.24. The molecule has 0 amide bonds. The number of nitrogens with zero attached hydrogens (tertiary/aromatic N) is 1. The zero-order valence-corrected chi connectivity index (χ0v) is 12.4. The van der Waals surface area contributed by atoms with Crippen molar-refractivity contribution in [3.63, 3.8) is 0 Å². The molecular weight excluding hydrogens is 252 g/mol. The van der Waals surface area contributed by atoms with E-state index in [1.54, 1.807) is 0 Å². The molecule has 0 radical (unpaired) electrons. The summed E-state index contributed by atoms with van der Waals surface area (Å²) in [5.74, 6) is 0.822. The van der Waals surface area contributed by atoms with Gasteiger partial charge in [-0.1, -0.05) is 0 Å². The van der Waals surface area contributed by atoms with Gasteiger partial charge in [-0.25, -0.2) is 4.98 Å². The number of hydrogen-bond acceptors (Lipinski definition) is 4. The number of aryl methyl sites for hydroxylation is 2. The molecule has 1 N–H and O–H groups in total. The monoisotopic (exact) mass is 276 g/mol. The first kappa shape index (κ1) is 13.8. The normalized spacial score (nSPS) is 20.1. The Morgan fingerprint density at radius 3 is 2.70 bits per heavy atom. The molecule has 1 saturated carbocycles. The Morgan fingerprint density at radius 1 is 1.25 bits per heavy atom. The molecule has 0 unspecified atom stereocenters. The van der Waals surface area contributed by atoms with Crippen LogP contribution in [0.4, 0.5) is 0 Å². The second-order valence-electron chi connectivity index (χ2n) is 5.95. The van der Waals surface area contributed by atoms with Crippen molar-refractivity contribution in [2.45, 2.75) is 58.2 Å². The fraction of sp³-hybridized carbons (Fsp3) is 0.688. The van der Waals surface area contributed by atoms with Crippen molar-refractivity contribution >= 4 is 0 Å². The lowest BCUT2D eigenvalue weighted by Crippen LogP contribution is -2.27. The van der Waals surface area contributed by atoms with E-state index in [4.69, 9.17) is 9.47 Å². The summed E-state index contributed by atoms with van der Waals surface area (Å²) in [5, 5.41) is 3.57. The average Bonchev–Trinajstić information content (AvgIpc) is 3.23. The van der Waals surface area contributed by atoms with Crippen molar-refractivity contribution < 1.29 is 9.47 Å². The lowest BCUT2D eigenvalue weighted by atomic mass is 10.1. The first-order valence-electron chi connectivity index (χ1n) is 7.67. The van der Waals surface area contributed by atoms with Gasteiger partial charge >= 0.3 is 0 Å². The molecule has 2 fully saturated rings. The van der Waals surface area contributed by atoms with Crippen LogP contribution in [0.25, 0.3) is 0 Å². The third-order valence-corrected chi connectivity index (χ3v) is 4.03. The Hall–Kier alpha value is -1.13. The van der Waals surface area contributed by atoms with Crippen LogP contribution in [0, 0.1) is 13.8 Å². The zero-order valence-electron chi connectivity index (χ0n) is 12.4. The van der Waals surface area contributed by atoms with Crippen LogP contribution in [0.1, 0.15) is 42.5 Å². The molecule has 0 aromatic carbocycles. The topological polar surface area (TPSA) is 43.4 Å². The first-order chi connectivity index (χ1) is 9.72. The van der Waals surface area contributed by atoms with Crippen LogP contribution in [0.15, 0.2) is 6.07 Å². The van der Waals surface area contributed by atoms with Gasteiger partial charge in [0, 0.05) is 36.7 Å². The number of hydrogen-bond donors (Lipinski definition) is 1. The summed E-state index contributed by atoms with van der Waals surface area (Å²) in [4.78, 5) is 4.62. The summed E-state index contributed by atoms with van der Waals surface area (Å²) in [5.41, 5.74) is 3.52. The van der Waals surface area contributed by atoms with Crippen LogP contribution in [0.3, 0.4) is 0 Å². The minimum atomic E-state index is 0.247. The highest BCUT2D eigenvalue weighted by Crippen LogP contribution is 2.26. The SMILES string of the molecule is Cc1cc(C)c(CNC2CC2)c(OC2CCOCC2)n1. The maximum absolute atomic E-state index is 6.17. The quantitative estimate of drug-likeness (QED) is 0.897. The predicted octanol–water partition coefficient (Wildman–Crippen LogP) is 2.51. The van der Waals surface area contributed by atoms with Gasteiger partial charge in [0.05, 0.1) is 13.2 Å². The van der Waals surface area contributed by atoms with Gasteiger partial charge in [-0.3, -0.25) is 0 Å². The molecule has 0 spiro atoms. The largest absolute Gasteiger partial charge is 0.474 e. The van der Waals surface area contributed by atoms with Gasteiger partial charge in [0.1, 0.15) is 6.10 Å². The standard InChI is InChI=1S/C16H24N2O2/c1-11-9-12(2)18-16(15(11)10-17-13-3-4-13)20-14-5-7-19-8-6-14/h9,13-14,17H,3-8,10H2,1-2H3. The lowest BCUT2D eigenvalue weighted by molar-refractivity contribution is 0.0232. The Labute approximate surface area is 120 Å². The van der Waals surface area contributed by atoms with E-state index in [0.29, 0.717) is 6.04 Å². The Bertz CT molecular complexity index is 466. The van der Waals surface area contributed by atoms with E-state index in [1.165, 1.54) is 24.0 Å². The first-order valence-corrected chi connectivity index (χ1v) is 7.67. The van der Waals surface area contributed by atoms with E-state index in [2.05, 4.69) is 23.3 Å². The van der Waals surface area contributed by atoms with E-state index >= 15 is 0 Å². The second kappa shape index (κ2) is 6.10. The van der Waals surface area contributed by atoms with Crippen molar-refractivity contribution in [1.82, 2.24) is 10.3 Å². The zero-order chi connectivity index (χ0) is 13.9. The minimum absolute atomic E-state index is 0.247. The van der Waals surface area contributed by atoms with Gasteiger partial charge in [-0.15, -0.1) is 0 Å². The van der Waals surface area contributed by atoms with Gasteiger partial charge in [-0.2, -0.15) is 0 Å². The molecule has 2 aliphatic rings. The number of rotatable bonds is 5. The molecule has 3 rings (SSSR count). The molecule has 0 bridgehead atoms. The number of aromatic nitrogens is 1. The summed E-state index contributed by atoms with van der Waals surface area (Å²) in [7, 11) is 0. The molecule has 2 heterocycles. The van der Waals surface area contributed by atoms with Crippen molar-refractivity contribution in [3.8, 4) is 5.88 Å². The molecule has 1 aliphatic heterocycles. The van der Waals surface area contributed by atoms with Crippen LogP contribution in [-0.2, 0) is 11.3 Å². The highest BCUT2D eigenvalue weighted by molar-refractivity contribution is 5.36. The van der Waals surface area contributed by atoms with Crippen LogP contribution in [0.5, 0.6) is 5.88 Å². The van der Waals surface area contributed by atoms with Gasteiger partial charge in [0.15, 0.2) is 0 Å². The number of pyridine rings is 1. The fourth-order valence-corrected chi connectivity index (χ4v) is 2.63. The van der Waals surface area contributed by atoms with Crippen LogP contribution in [-0.4, -0.2) is 30.3 Å². The van der Waals surface area contributed by atoms with Crippen molar-refractivity contribution in [3.05, 3.63) is 22.9 Å². The fourth-order valence-electron chi connectivity index (χ4n) is 2.63. The Balaban J connectivity index is 1.74. The summed E-state index contributed by atoms with van der Waals surface area (Å²) in [6.45, 7) is 6.63. The van der Waals surface area contributed by atoms with Gasteiger partial charge in [-0.05, 0) is 38.3 Å². The summed E-state index contributed by atoms with van der Waals surface area (Å²) in [6, 6.07) is 2.84. The van der Waals surface area contributed by atoms with Gasteiger partial charge in [0.2, 0.25) is 5.88 Å². The minimum Gasteiger partial charge on any atom is -0.474 e. The summed E-state index contributed by atoms with van der Waals surface area (Å²) in [6.07, 6.45) is 4.77. The Kier molecular flexibility index (Phi) is 4.22. The number of ether oxygens (including phenoxy) is 2. The highest BCUT2D eigenvalue weighted by Gasteiger charge is 2.23. The molecule has 20 heavy (non-hydrogen) atoms. The molecule has 1 aromatic rings. The molecule has 1 saturated heterocycles. The van der Waals surface area contributed by atoms with E-state index in [1.807, 2.05) is 6.92 Å². The smallest absolute Gasteiger partial charge is 0.218 e. The molecule has 4 nitrogen and oxygen atoms in total. The van der Waals surface area contributed by atoms with Crippen molar-refractivity contribution in [2.24, 2.45) is 0 Å². The predicted molar refractivity (Wildman–Crippen MR) is 78.0 cm³/mol. The summed E-state index contributed by atoms with van der Waals surface area (Å²) < 4.78 is 11.6. The van der Waals surface area contributed by atoms with Gasteiger partial charge in [0.25, 0.3) is 0 Å². The summed E-state index contributed by atoms with van der Waals surface area (Å²) >= 11 is 0. The molecule has 1 aliphatic carbocycles. The molecule has 110 valence electrons. The van der Waals surface area contributed by atoms with Crippen LogP contribution in [0.2, 0.25) is 0 Å². The maximum atomic E-state index is 6.17. The third kappa shape index (κ3) is 3.49. The van der Waals surface area contributed by atoms with Crippen LogP contribution >= 0.6 is 0 Å². The van der Waals surface area contributed by atoms with E-state index < -0.39 is 0 Å². The molecule has 4 heteroatoms. The maximum Gasteiger partial charge on any atom is 0.218 e. The van der Waals surface area contributed by atoms with Crippen LogP contribution < -0.4 is 10.1 Å². The molecule has 0 atom stereocenters. The number of nitrogens with one attached hydrogen (secondary N) is 1. The average molecular weight is 276 g/mol. The third-order valence-electron chi connectivity index (χ3n) is 4.03. The van der Waals surface area contributed by atoms with Crippen molar-refractivity contribution in [1.29, 1.82) is 0 Å². The van der Waals surface area contributed by atoms with Crippen molar-refractivity contribution in [2.75, 3.05) is 13.2 Å². The molecule has 1 aromatic heterocycles. The Morgan fingerprint density at radius 2 is 2.00 bits per heavy atom. The molecular formula is C16H24N2O2. The van der Waals surface area contributed by atoms with E-state index in [9.17, 15) is 0 Å². The second-order valence-corrected chi connectivity index (χ2v) is 5.95.